The minimum absolute atomic E-state index is 0.534. The summed E-state index contributed by atoms with van der Waals surface area (Å²) in [6.45, 7) is 0. The summed E-state index contributed by atoms with van der Waals surface area (Å²) in [6, 6.07) is 25.9. The predicted molar refractivity (Wildman–Crippen MR) is 128 cm³/mol. The van der Waals surface area contributed by atoms with Crippen LogP contribution in [0.1, 0.15) is 0 Å². The molecule has 2 heterocycles. The van der Waals surface area contributed by atoms with Gasteiger partial charge in [0.1, 0.15) is 22.5 Å². The van der Waals surface area contributed by atoms with Gasteiger partial charge >= 0.3 is 0 Å². The van der Waals surface area contributed by atoms with E-state index >= 15 is 0 Å². The van der Waals surface area contributed by atoms with Crippen LogP contribution in [0.5, 0.6) is 11.5 Å². The molecular formula is C26H18N4O3. The molecule has 4 N–H and O–H groups in total. The summed E-state index contributed by atoms with van der Waals surface area (Å²) in [7, 11) is 0. The highest BCUT2D eigenvalue weighted by atomic mass is 16.5. The van der Waals surface area contributed by atoms with Crippen molar-refractivity contribution in [3.63, 3.8) is 0 Å². The van der Waals surface area contributed by atoms with Gasteiger partial charge in [0.05, 0.1) is 0 Å². The summed E-state index contributed by atoms with van der Waals surface area (Å²) >= 11 is 0. The maximum absolute atomic E-state index is 5.97. The molecule has 4 aromatic carbocycles. The van der Waals surface area contributed by atoms with E-state index in [-0.39, 0.29) is 0 Å². The van der Waals surface area contributed by atoms with Crippen molar-refractivity contribution >= 4 is 33.6 Å². The van der Waals surface area contributed by atoms with Gasteiger partial charge in [-0.2, -0.15) is 0 Å². The van der Waals surface area contributed by atoms with E-state index in [0.29, 0.717) is 45.8 Å². The third kappa shape index (κ3) is 3.61. The van der Waals surface area contributed by atoms with E-state index in [4.69, 9.17) is 25.0 Å². The molecule has 0 bridgehead atoms. The fourth-order valence-electron chi connectivity index (χ4n) is 3.60. The van der Waals surface area contributed by atoms with Gasteiger partial charge < -0.3 is 25.0 Å². The van der Waals surface area contributed by atoms with Gasteiger partial charge in [0.15, 0.2) is 11.2 Å². The Hall–Kier alpha value is -4.78. The first-order chi connectivity index (χ1) is 16.1. The maximum atomic E-state index is 5.97. The second kappa shape index (κ2) is 7.42. The molecule has 0 atom stereocenters. The van der Waals surface area contributed by atoms with Crippen LogP contribution in [0.25, 0.3) is 45.1 Å². The summed E-state index contributed by atoms with van der Waals surface area (Å²) in [4.78, 5) is 9.01. The summed E-state index contributed by atoms with van der Waals surface area (Å²) in [5, 5.41) is 0. The Kier molecular flexibility index (Phi) is 4.26. The van der Waals surface area contributed by atoms with Crippen molar-refractivity contribution in [2.45, 2.75) is 0 Å². The average molecular weight is 434 g/mol. The molecular weight excluding hydrogens is 416 g/mol. The smallest absolute Gasteiger partial charge is 0.227 e. The van der Waals surface area contributed by atoms with Gasteiger partial charge in [-0.1, -0.05) is 0 Å². The SMILES string of the molecule is Nc1ccc2oc(-c3ccc(Oc4ccc(-c5nc6cc(N)ccc6o5)cc4)cc3)nc2c1. The van der Waals surface area contributed by atoms with Crippen molar-refractivity contribution in [3.8, 4) is 34.4 Å². The van der Waals surface area contributed by atoms with Crippen LogP contribution in [0.2, 0.25) is 0 Å². The van der Waals surface area contributed by atoms with Crippen LogP contribution in [0.3, 0.4) is 0 Å². The molecule has 0 unspecified atom stereocenters. The fraction of sp³-hybridized carbons (Fsp3) is 0. The molecule has 160 valence electrons. The Labute approximate surface area is 188 Å². The minimum Gasteiger partial charge on any atom is -0.457 e. The molecule has 0 spiro atoms. The highest BCUT2D eigenvalue weighted by molar-refractivity contribution is 5.80. The molecule has 0 aliphatic rings. The van der Waals surface area contributed by atoms with Gasteiger partial charge in [0.2, 0.25) is 11.8 Å². The van der Waals surface area contributed by atoms with Gasteiger partial charge in [0, 0.05) is 22.5 Å². The van der Waals surface area contributed by atoms with Gasteiger partial charge in [-0.15, -0.1) is 0 Å². The largest absolute Gasteiger partial charge is 0.457 e. The molecule has 7 nitrogen and oxygen atoms in total. The lowest BCUT2D eigenvalue weighted by Gasteiger charge is -2.06. The number of benzene rings is 4. The van der Waals surface area contributed by atoms with Crippen LogP contribution < -0.4 is 16.2 Å². The zero-order chi connectivity index (χ0) is 22.4. The lowest BCUT2D eigenvalue weighted by Crippen LogP contribution is -1.85. The van der Waals surface area contributed by atoms with E-state index in [0.717, 1.165) is 22.2 Å². The predicted octanol–water partition coefficient (Wildman–Crippen LogP) is 6.26. The van der Waals surface area contributed by atoms with Gasteiger partial charge in [-0.25, -0.2) is 9.97 Å². The third-order valence-electron chi connectivity index (χ3n) is 5.26. The second-order valence-electron chi connectivity index (χ2n) is 7.64. The molecule has 33 heavy (non-hydrogen) atoms. The second-order valence-corrected chi connectivity index (χ2v) is 7.64. The molecule has 0 amide bonds. The summed E-state index contributed by atoms with van der Waals surface area (Å²) in [5.74, 6) is 2.46. The highest BCUT2D eigenvalue weighted by Crippen LogP contribution is 2.30. The molecule has 2 aromatic heterocycles. The number of ether oxygens (including phenoxy) is 1. The van der Waals surface area contributed by atoms with Crippen LogP contribution >= 0.6 is 0 Å². The number of aromatic nitrogens is 2. The van der Waals surface area contributed by atoms with Crippen molar-refractivity contribution in [1.82, 2.24) is 9.97 Å². The summed E-state index contributed by atoms with van der Waals surface area (Å²) in [5.41, 5.74) is 17.5. The normalized spacial score (nSPS) is 11.3. The van der Waals surface area contributed by atoms with E-state index in [1.807, 2.05) is 60.7 Å². The van der Waals surface area contributed by atoms with Crippen LogP contribution in [-0.4, -0.2) is 9.97 Å². The van der Waals surface area contributed by atoms with Crippen molar-refractivity contribution in [2.24, 2.45) is 0 Å². The Bertz CT molecular complexity index is 1480. The topological polar surface area (TPSA) is 113 Å². The van der Waals surface area contributed by atoms with Crippen LogP contribution in [0, 0.1) is 0 Å². The zero-order valence-corrected chi connectivity index (χ0v) is 17.4. The lowest BCUT2D eigenvalue weighted by molar-refractivity contribution is 0.482. The molecule has 0 aliphatic carbocycles. The number of nitrogens with two attached hydrogens (primary N) is 2. The standard InChI is InChI=1S/C26H18N4O3/c27-17-5-11-23-21(13-17)29-25(32-23)15-1-7-19(8-2-15)31-20-9-3-16(4-10-20)26-30-22-14-18(28)6-12-24(22)33-26/h1-14H,27-28H2. The van der Waals surface area contributed by atoms with E-state index in [1.54, 1.807) is 24.3 Å². The maximum Gasteiger partial charge on any atom is 0.227 e. The average Bonchev–Trinajstić information content (AvgIpc) is 3.43. The molecule has 0 aliphatic heterocycles. The molecule has 6 aromatic rings. The van der Waals surface area contributed by atoms with E-state index < -0.39 is 0 Å². The number of anilines is 2. The van der Waals surface area contributed by atoms with E-state index in [2.05, 4.69) is 9.97 Å². The number of nitrogens with zero attached hydrogens (tertiary/aromatic N) is 2. The molecule has 0 radical (unpaired) electrons. The third-order valence-corrected chi connectivity index (χ3v) is 5.26. The number of hydrogen-bond donors (Lipinski definition) is 2. The van der Waals surface area contributed by atoms with Crippen LogP contribution in [0.4, 0.5) is 11.4 Å². The van der Waals surface area contributed by atoms with Crippen LogP contribution in [0.15, 0.2) is 93.8 Å². The number of fused-ring (bicyclic) bond motifs is 2. The van der Waals surface area contributed by atoms with Crippen molar-refractivity contribution in [2.75, 3.05) is 11.5 Å². The summed E-state index contributed by atoms with van der Waals surface area (Å²) in [6.07, 6.45) is 0. The molecule has 0 saturated carbocycles. The molecule has 0 fully saturated rings. The minimum atomic E-state index is 0.534. The van der Waals surface area contributed by atoms with Crippen LogP contribution in [-0.2, 0) is 0 Å². The van der Waals surface area contributed by atoms with Crippen molar-refractivity contribution in [1.29, 1.82) is 0 Å². The first kappa shape index (κ1) is 18.9. The first-order valence-corrected chi connectivity index (χ1v) is 10.3. The highest BCUT2D eigenvalue weighted by Gasteiger charge is 2.11. The Morgan fingerprint density at radius 2 is 0.970 bits per heavy atom. The number of nitrogen functional groups attached to an aromatic ring is 2. The number of hydrogen-bond acceptors (Lipinski definition) is 7. The Morgan fingerprint density at radius 1 is 0.545 bits per heavy atom. The quantitative estimate of drug-likeness (QED) is 0.315. The van der Waals surface area contributed by atoms with Gasteiger partial charge in [0.25, 0.3) is 0 Å². The molecule has 6 rings (SSSR count). The number of rotatable bonds is 4. The van der Waals surface area contributed by atoms with Crippen molar-refractivity contribution in [3.05, 3.63) is 84.9 Å². The first-order valence-electron chi connectivity index (χ1n) is 10.3. The zero-order valence-electron chi connectivity index (χ0n) is 17.4. The lowest BCUT2D eigenvalue weighted by atomic mass is 10.2. The molecule has 7 heteroatoms. The van der Waals surface area contributed by atoms with E-state index in [1.165, 1.54) is 0 Å². The summed E-state index contributed by atoms with van der Waals surface area (Å²) < 4.78 is 17.6. The molecule has 0 saturated heterocycles. The Morgan fingerprint density at radius 3 is 1.39 bits per heavy atom. The van der Waals surface area contributed by atoms with Gasteiger partial charge in [-0.05, 0) is 84.9 Å². The van der Waals surface area contributed by atoms with Crippen molar-refractivity contribution < 1.29 is 13.6 Å². The number of oxazole rings is 2. The van der Waals surface area contributed by atoms with E-state index in [9.17, 15) is 0 Å². The van der Waals surface area contributed by atoms with Gasteiger partial charge in [-0.3, -0.25) is 0 Å². The fourth-order valence-corrected chi connectivity index (χ4v) is 3.60. The monoisotopic (exact) mass is 434 g/mol. The Balaban J connectivity index is 1.19.